The molecule has 104 valence electrons. The zero-order valence-corrected chi connectivity index (χ0v) is 12.0. The van der Waals surface area contributed by atoms with Crippen molar-refractivity contribution in [2.75, 3.05) is 12.4 Å². The highest BCUT2D eigenvalue weighted by Crippen LogP contribution is 2.23. The van der Waals surface area contributed by atoms with Crippen LogP contribution >= 0.6 is 0 Å². The predicted octanol–water partition coefficient (Wildman–Crippen LogP) is 3.63. The maximum Gasteiger partial charge on any atom is 0.332 e. The third kappa shape index (κ3) is 3.38. The summed E-state index contributed by atoms with van der Waals surface area (Å²) in [7, 11) is 1.41. The third-order valence-electron chi connectivity index (χ3n) is 3.10. The van der Waals surface area contributed by atoms with E-state index in [-0.39, 0.29) is 5.97 Å². The number of anilines is 1. The first-order valence-corrected chi connectivity index (χ1v) is 6.58. The van der Waals surface area contributed by atoms with Gasteiger partial charge in [0, 0.05) is 5.69 Å². The minimum absolute atomic E-state index is 0.293. The maximum absolute atomic E-state index is 12.1. The SMILES string of the molecule is COC(=O)C(Nc1ccccc1)c1cc(C)cc(C)c1. The first-order chi connectivity index (χ1) is 9.60. The molecule has 0 saturated heterocycles. The lowest BCUT2D eigenvalue weighted by atomic mass is 10.0. The van der Waals surface area contributed by atoms with Gasteiger partial charge in [0.15, 0.2) is 6.04 Å². The second-order valence-corrected chi connectivity index (χ2v) is 4.89. The summed E-state index contributed by atoms with van der Waals surface area (Å²) in [6.07, 6.45) is 0. The van der Waals surface area contributed by atoms with Crippen LogP contribution in [0.3, 0.4) is 0 Å². The van der Waals surface area contributed by atoms with Gasteiger partial charge in [-0.3, -0.25) is 0 Å². The number of nitrogens with one attached hydrogen (secondary N) is 1. The molecule has 0 bridgehead atoms. The van der Waals surface area contributed by atoms with Gasteiger partial charge in [0.2, 0.25) is 0 Å². The Kier molecular flexibility index (Phi) is 4.41. The van der Waals surface area contributed by atoms with E-state index in [2.05, 4.69) is 11.4 Å². The molecule has 2 rings (SSSR count). The third-order valence-corrected chi connectivity index (χ3v) is 3.10. The van der Waals surface area contributed by atoms with E-state index in [0.29, 0.717) is 0 Å². The molecule has 0 aliphatic rings. The first kappa shape index (κ1) is 14.1. The summed E-state index contributed by atoms with van der Waals surface area (Å²) in [6.45, 7) is 4.04. The quantitative estimate of drug-likeness (QED) is 0.861. The monoisotopic (exact) mass is 269 g/mol. The van der Waals surface area contributed by atoms with E-state index in [1.165, 1.54) is 7.11 Å². The maximum atomic E-state index is 12.1. The zero-order chi connectivity index (χ0) is 14.5. The minimum atomic E-state index is -0.499. The molecule has 0 saturated carbocycles. The minimum Gasteiger partial charge on any atom is -0.467 e. The zero-order valence-electron chi connectivity index (χ0n) is 12.0. The molecule has 3 heteroatoms. The second kappa shape index (κ2) is 6.24. The Bertz CT molecular complexity index is 573. The summed E-state index contributed by atoms with van der Waals surface area (Å²) in [5.74, 6) is -0.293. The number of carbonyl (C=O) groups excluding carboxylic acids is 1. The van der Waals surface area contributed by atoms with Crippen molar-refractivity contribution in [2.45, 2.75) is 19.9 Å². The van der Waals surface area contributed by atoms with Gasteiger partial charge in [-0.05, 0) is 31.5 Å². The second-order valence-electron chi connectivity index (χ2n) is 4.89. The Hall–Kier alpha value is -2.29. The molecule has 1 N–H and O–H groups in total. The molecule has 20 heavy (non-hydrogen) atoms. The standard InChI is InChI=1S/C17H19NO2/c1-12-9-13(2)11-14(10-12)16(17(19)20-3)18-15-7-5-4-6-8-15/h4-11,16,18H,1-3H3. The van der Waals surface area contributed by atoms with Gasteiger partial charge >= 0.3 is 5.97 Å². The summed E-state index contributed by atoms with van der Waals surface area (Å²) in [4.78, 5) is 12.1. The van der Waals surface area contributed by atoms with Gasteiger partial charge in [-0.15, -0.1) is 0 Å². The van der Waals surface area contributed by atoms with E-state index in [0.717, 1.165) is 22.4 Å². The van der Waals surface area contributed by atoms with Crippen LogP contribution < -0.4 is 5.32 Å². The van der Waals surface area contributed by atoms with E-state index < -0.39 is 6.04 Å². The molecule has 0 fully saturated rings. The molecule has 0 aliphatic heterocycles. The molecule has 0 spiro atoms. The number of aryl methyl sites for hydroxylation is 2. The number of para-hydroxylation sites is 1. The number of rotatable bonds is 4. The number of esters is 1. The molecule has 1 unspecified atom stereocenters. The summed E-state index contributed by atoms with van der Waals surface area (Å²) < 4.78 is 4.92. The van der Waals surface area contributed by atoms with Gasteiger partial charge in [-0.2, -0.15) is 0 Å². The van der Waals surface area contributed by atoms with E-state index in [1.54, 1.807) is 0 Å². The normalized spacial score (nSPS) is 11.8. The summed E-state index contributed by atoms with van der Waals surface area (Å²) in [5, 5.41) is 3.23. The van der Waals surface area contributed by atoms with Gasteiger partial charge in [-0.25, -0.2) is 4.79 Å². The number of carbonyl (C=O) groups is 1. The van der Waals surface area contributed by atoms with Crippen molar-refractivity contribution in [1.82, 2.24) is 0 Å². The number of hydrogen-bond acceptors (Lipinski definition) is 3. The van der Waals surface area contributed by atoms with Gasteiger partial charge < -0.3 is 10.1 Å². The molecule has 2 aromatic rings. The van der Waals surface area contributed by atoms with Gasteiger partial charge in [-0.1, -0.05) is 47.5 Å². The van der Waals surface area contributed by atoms with E-state index in [1.807, 2.05) is 56.3 Å². The van der Waals surface area contributed by atoms with Crippen LogP contribution in [0.1, 0.15) is 22.7 Å². The number of methoxy groups -OCH3 is 1. The largest absolute Gasteiger partial charge is 0.467 e. The lowest BCUT2D eigenvalue weighted by molar-refractivity contribution is -0.141. The average molecular weight is 269 g/mol. The van der Waals surface area contributed by atoms with Crippen LogP contribution in [0.5, 0.6) is 0 Å². The van der Waals surface area contributed by atoms with Crippen molar-refractivity contribution in [3.05, 3.63) is 65.2 Å². The molecule has 3 nitrogen and oxygen atoms in total. The van der Waals surface area contributed by atoms with Crippen LogP contribution in [0.4, 0.5) is 5.69 Å². The first-order valence-electron chi connectivity index (χ1n) is 6.58. The van der Waals surface area contributed by atoms with Crippen molar-refractivity contribution in [1.29, 1.82) is 0 Å². The Labute approximate surface area is 119 Å². The fourth-order valence-corrected chi connectivity index (χ4v) is 2.27. The highest BCUT2D eigenvalue weighted by molar-refractivity contribution is 5.81. The van der Waals surface area contributed by atoms with Crippen molar-refractivity contribution >= 4 is 11.7 Å². The van der Waals surface area contributed by atoms with Gasteiger partial charge in [0.25, 0.3) is 0 Å². The van der Waals surface area contributed by atoms with E-state index in [9.17, 15) is 4.79 Å². The van der Waals surface area contributed by atoms with Gasteiger partial charge in [0.05, 0.1) is 7.11 Å². The highest BCUT2D eigenvalue weighted by Gasteiger charge is 2.21. The van der Waals surface area contributed by atoms with E-state index in [4.69, 9.17) is 4.74 Å². The van der Waals surface area contributed by atoms with Crippen LogP contribution in [0, 0.1) is 13.8 Å². The van der Waals surface area contributed by atoms with Crippen LogP contribution in [0.25, 0.3) is 0 Å². The molecule has 1 atom stereocenters. The fraction of sp³-hybridized carbons (Fsp3) is 0.235. The predicted molar refractivity (Wildman–Crippen MR) is 80.7 cm³/mol. The smallest absolute Gasteiger partial charge is 0.332 e. The summed E-state index contributed by atoms with van der Waals surface area (Å²) in [6, 6.07) is 15.2. The van der Waals surface area contributed by atoms with Crippen molar-refractivity contribution in [3.63, 3.8) is 0 Å². The molecular weight excluding hydrogens is 250 g/mol. The number of benzene rings is 2. The van der Waals surface area contributed by atoms with Gasteiger partial charge in [0.1, 0.15) is 0 Å². The number of hydrogen-bond donors (Lipinski definition) is 1. The molecule has 0 heterocycles. The Morgan fingerprint density at radius 2 is 1.65 bits per heavy atom. The van der Waals surface area contributed by atoms with Crippen LogP contribution in [0.2, 0.25) is 0 Å². The lowest BCUT2D eigenvalue weighted by Gasteiger charge is -2.19. The van der Waals surface area contributed by atoms with Crippen LogP contribution in [-0.4, -0.2) is 13.1 Å². The Morgan fingerprint density at radius 1 is 1.05 bits per heavy atom. The van der Waals surface area contributed by atoms with E-state index >= 15 is 0 Å². The highest BCUT2D eigenvalue weighted by atomic mass is 16.5. The molecule has 0 aromatic heterocycles. The molecular formula is C17H19NO2. The number of ether oxygens (including phenoxy) is 1. The molecule has 2 aromatic carbocycles. The Morgan fingerprint density at radius 3 is 2.20 bits per heavy atom. The molecule has 0 radical (unpaired) electrons. The van der Waals surface area contributed by atoms with Crippen molar-refractivity contribution < 1.29 is 9.53 Å². The average Bonchev–Trinajstić information content (AvgIpc) is 2.44. The van der Waals surface area contributed by atoms with Crippen molar-refractivity contribution in [2.24, 2.45) is 0 Å². The Balaban J connectivity index is 2.34. The van der Waals surface area contributed by atoms with Crippen molar-refractivity contribution in [3.8, 4) is 0 Å². The molecule has 0 aliphatic carbocycles. The molecule has 0 amide bonds. The van der Waals surface area contributed by atoms with Crippen LogP contribution in [0.15, 0.2) is 48.5 Å². The van der Waals surface area contributed by atoms with Crippen LogP contribution in [-0.2, 0) is 9.53 Å². The summed E-state index contributed by atoms with van der Waals surface area (Å²) >= 11 is 0. The topological polar surface area (TPSA) is 38.3 Å². The lowest BCUT2D eigenvalue weighted by Crippen LogP contribution is -2.22. The summed E-state index contributed by atoms with van der Waals surface area (Å²) in [5.41, 5.74) is 4.06. The fourth-order valence-electron chi connectivity index (χ4n) is 2.27.